The van der Waals surface area contributed by atoms with Crippen LogP contribution < -0.4 is 4.74 Å². The number of hydrogen-bond donors (Lipinski definition) is 0. The Balaban J connectivity index is 2.09. The van der Waals surface area contributed by atoms with Crippen molar-refractivity contribution in [3.63, 3.8) is 0 Å². The summed E-state index contributed by atoms with van der Waals surface area (Å²) in [5.41, 5.74) is 0.705. The molecule has 1 aromatic carbocycles. The van der Waals surface area contributed by atoms with Crippen molar-refractivity contribution in [1.29, 1.82) is 0 Å². The van der Waals surface area contributed by atoms with Crippen LogP contribution in [0.2, 0.25) is 0 Å². The van der Waals surface area contributed by atoms with Crippen LogP contribution >= 0.6 is 11.6 Å². The van der Waals surface area contributed by atoms with Crippen LogP contribution in [0.5, 0.6) is 5.75 Å². The lowest BCUT2D eigenvalue weighted by Crippen LogP contribution is -2.30. The summed E-state index contributed by atoms with van der Waals surface area (Å²) in [6, 6.07) is 4.85. The second-order valence-electron chi connectivity index (χ2n) is 4.63. The van der Waals surface area contributed by atoms with Gasteiger partial charge in [0.05, 0.1) is 12.0 Å². The summed E-state index contributed by atoms with van der Waals surface area (Å²) in [6.07, 6.45) is 4.09. The molecule has 2 unspecified atom stereocenters. The third kappa shape index (κ3) is 3.15. The molecule has 4 heteroatoms. The number of halogens is 2. The van der Waals surface area contributed by atoms with Crippen LogP contribution in [0, 0.1) is 5.82 Å². The Labute approximate surface area is 112 Å². The van der Waals surface area contributed by atoms with E-state index < -0.39 is 0 Å². The van der Waals surface area contributed by atoms with Gasteiger partial charge in [-0.25, -0.2) is 4.39 Å². The first-order valence-electron chi connectivity index (χ1n) is 6.27. The maximum absolute atomic E-state index is 13.8. The van der Waals surface area contributed by atoms with Gasteiger partial charge in [0.15, 0.2) is 11.6 Å². The molecule has 1 aromatic rings. The van der Waals surface area contributed by atoms with Gasteiger partial charge in [-0.05, 0) is 25.3 Å². The minimum absolute atomic E-state index is 0.0163. The van der Waals surface area contributed by atoms with Crippen molar-refractivity contribution < 1.29 is 13.9 Å². The molecule has 100 valence electrons. The lowest BCUT2D eigenvalue weighted by atomic mass is 9.95. The molecule has 2 nitrogen and oxygen atoms in total. The minimum Gasteiger partial charge on any atom is -0.487 e. The molecule has 1 fully saturated rings. The molecule has 1 saturated carbocycles. The highest BCUT2D eigenvalue weighted by Crippen LogP contribution is 2.30. The van der Waals surface area contributed by atoms with Crippen molar-refractivity contribution in [2.24, 2.45) is 0 Å². The summed E-state index contributed by atoms with van der Waals surface area (Å²) < 4.78 is 24.9. The van der Waals surface area contributed by atoms with Gasteiger partial charge in [0.2, 0.25) is 0 Å². The van der Waals surface area contributed by atoms with Crippen LogP contribution in [0.15, 0.2) is 18.2 Å². The summed E-state index contributed by atoms with van der Waals surface area (Å²) in [4.78, 5) is 0. The minimum atomic E-state index is -0.340. The van der Waals surface area contributed by atoms with Gasteiger partial charge in [-0.1, -0.05) is 12.1 Å². The van der Waals surface area contributed by atoms with Gasteiger partial charge in [0.1, 0.15) is 6.10 Å². The van der Waals surface area contributed by atoms with Crippen LogP contribution in [-0.4, -0.2) is 19.3 Å². The molecule has 1 aliphatic rings. The van der Waals surface area contributed by atoms with Gasteiger partial charge in [0, 0.05) is 19.1 Å². The average molecular weight is 273 g/mol. The van der Waals surface area contributed by atoms with Crippen molar-refractivity contribution in [1.82, 2.24) is 0 Å². The first-order valence-corrected chi connectivity index (χ1v) is 6.81. The fourth-order valence-electron chi connectivity index (χ4n) is 2.38. The quantitative estimate of drug-likeness (QED) is 0.774. The smallest absolute Gasteiger partial charge is 0.165 e. The third-order valence-corrected chi connectivity index (χ3v) is 3.68. The predicted octanol–water partition coefficient (Wildman–Crippen LogP) is 3.90. The number of para-hydroxylation sites is 1. The van der Waals surface area contributed by atoms with E-state index in [1.54, 1.807) is 19.2 Å². The molecule has 0 heterocycles. The van der Waals surface area contributed by atoms with Gasteiger partial charge in [-0.2, -0.15) is 0 Å². The molecule has 18 heavy (non-hydrogen) atoms. The first kappa shape index (κ1) is 13.6. The van der Waals surface area contributed by atoms with E-state index in [2.05, 4.69) is 0 Å². The Morgan fingerprint density at radius 1 is 1.33 bits per heavy atom. The topological polar surface area (TPSA) is 18.5 Å². The van der Waals surface area contributed by atoms with E-state index in [1.807, 2.05) is 0 Å². The zero-order valence-corrected chi connectivity index (χ0v) is 11.3. The molecule has 0 aromatic heterocycles. The molecule has 0 amide bonds. The SMILES string of the molecule is COC1CCCC(Oc2c(F)cccc2CCl)C1. The van der Waals surface area contributed by atoms with E-state index in [0.717, 1.165) is 25.7 Å². The van der Waals surface area contributed by atoms with Crippen LogP contribution in [0.3, 0.4) is 0 Å². The third-order valence-electron chi connectivity index (χ3n) is 3.39. The van der Waals surface area contributed by atoms with E-state index in [1.165, 1.54) is 6.07 Å². The van der Waals surface area contributed by atoms with Crippen LogP contribution in [-0.2, 0) is 10.6 Å². The highest BCUT2D eigenvalue weighted by molar-refractivity contribution is 6.17. The van der Waals surface area contributed by atoms with E-state index >= 15 is 0 Å². The Hall–Kier alpha value is -0.800. The number of rotatable bonds is 4. The normalized spacial score (nSPS) is 23.9. The number of hydrogen-bond acceptors (Lipinski definition) is 2. The van der Waals surface area contributed by atoms with E-state index in [0.29, 0.717) is 11.3 Å². The van der Waals surface area contributed by atoms with Crippen molar-refractivity contribution in [3.05, 3.63) is 29.6 Å². The molecule has 0 radical (unpaired) electrons. The highest BCUT2D eigenvalue weighted by atomic mass is 35.5. The maximum Gasteiger partial charge on any atom is 0.165 e. The lowest BCUT2D eigenvalue weighted by Gasteiger charge is -2.29. The lowest BCUT2D eigenvalue weighted by molar-refractivity contribution is 0.0195. The predicted molar refractivity (Wildman–Crippen MR) is 69.6 cm³/mol. The summed E-state index contributed by atoms with van der Waals surface area (Å²) in [5, 5.41) is 0. The van der Waals surface area contributed by atoms with E-state index in [9.17, 15) is 4.39 Å². The highest BCUT2D eigenvalue weighted by Gasteiger charge is 2.24. The van der Waals surface area contributed by atoms with Gasteiger partial charge < -0.3 is 9.47 Å². The zero-order valence-electron chi connectivity index (χ0n) is 10.5. The maximum atomic E-state index is 13.8. The van der Waals surface area contributed by atoms with Crippen molar-refractivity contribution in [3.8, 4) is 5.75 Å². The summed E-state index contributed by atoms with van der Waals surface area (Å²) >= 11 is 5.81. The zero-order chi connectivity index (χ0) is 13.0. The number of benzene rings is 1. The van der Waals surface area contributed by atoms with Crippen LogP contribution in [0.1, 0.15) is 31.2 Å². The van der Waals surface area contributed by atoms with Gasteiger partial charge in [-0.15, -0.1) is 11.6 Å². The van der Waals surface area contributed by atoms with Crippen molar-refractivity contribution in [2.45, 2.75) is 43.8 Å². The monoisotopic (exact) mass is 272 g/mol. The Morgan fingerprint density at radius 3 is 2.83 bits per heavy atom. The Kier molecular flexibility index (Phi) is 4.84. The molecule has 2 rings (SSSR count). The Morgan fingerprint density at radius 2 is 2.11 bits per heavy atom. The largest absolute Gasteiger partial charge is 0.487 e. The van der Waals surface area contributed by atoms with E-state index in [4.69, 9.17) is 21.1 Å². The summed E-state index contributed by atoms with van der Waals surface area (Å²) in [6.45, 7) is 0. The molecular weight excluding hydrogens is 255 g/mol. The van der Waals surface area contributed by atoms with Crippen LogP contribution in [0.4, 0.5) is 4.39 Å². The van der Waals surface area contributed by atoms with Gasteiger partial charge in [0.25, 0.3) is 0 Å². The summed E-state index contributed by atoms with van der Waals surface area (Å²) in [5.74, 6) is 0.218. The fraction of sp³-hybridized carbons (Fsp3) is 0.571. The molecule has 0 N–H and O–H groups in total. The standard InChI is InChI=1S/C14H18ClFO2/c1-17-11-5-3-6-12(8-11)18-14-10(9-15)4-2-7-13(14)16/h2,4,7,11-12H,3,5-6,8-9H2,1H3. The van der Waals surface area contributed by atoms with Gasteiger partial charge in [-0.3, -0.25) is 0 Å². The molecule has 0 spiro atoms. The molecule has 2 atom stereocenters. The molecule has 1 aliphatic carbocycles. The van der Waals surface area contributed by atoms with E-state index in [-0.39, 0.29) is 23.9 Å². The van der Waals surface area contributed by atoms with Crippen LogP contribution in [0.25, 0.3) is 0 Å². The first-order chi connectivity index (χ1) is 8.74. The fourth-order valence-corrected chi connectivity index (χ4v) is 2.59. The van der Waals surface area contributed by atoms with Crippen molar-refractivity contribution >= 4 is 11.6 Å². The second-order valence-corrected chi connectivity index (χ2v) is 4.89. The van der Waals surface area contributed by atoms with Gasteiger partial charge >= 0.3 is 0 Å². The number of alkyl halides is 1. The molecular formula is C14H18ClFO2. The number of methoxy groups -OCH3 is 1. The molecule has 0 bridgehead atoms. The Bertz CT molecular complexity index is 397. The second kappa shape index (κ2) is 6.39. The molecule has 0 saturated heterocycles. The average Bonchev–Trinajstić information content (AvgIpc) is 2.41. The number of ether oxygens (including phenoxy) is 2. The summed E-state index contributed by atoms with van der Waals surface area (Å²) in [7, 11) is 1.71. The van der Waals surface area contributed by atoms with Crippen molar-refractivity contribution in [2.75, 3.05) is 7.11 Å². The molecule has 0 aliphatic heterocycles.